The maximum absolute atomic E-state index is 12.7. The van der Waals surface area contributed by atoms with Crippen LogP contribution in [0, 0.1) is 5.92 Å². The monoisotopic (exact) mass is 426 g/mol. The van der Waals surface area contributed by atoms with Crippen LogP contribution in [0.15, 0.2) is 36.7 Å². The molecule has 0 aliphatic heterocycles. The van der Waals surface area contributed by atoms with E-state index in [1.165, 1.54) is 6.33 Å². The Morgan fingerprint density at radius 1 is 1.06 bits per heavy atom. The Balaban J connectivity index is 1.55. The van der Waals surface area contributed by atoms with E-state index in [4.69, 9.17) is 9.47 Å². The molecule has 1 heterocycles. The van der Waals surface area contributed by atoms with Gasteiger partial charge in [-0.3, -0.25) is 4.79 Å². The van der Waals surface area contributed by atoms with E-state index in [1.54, 1.807) is 13.2 Å². The number of nitrogens with zero attached hydrogens (tertiary/aromatic N) is 2. The second-order valence-corrected chi connectivity index (χ2v) is 8.67. The SMILES string of the molecule is COc1ccccc1-c1cc(NC(=O)C2CCC(NC(=O)OC(C)(C)C)CC2)ncn1. The number of para-hydroxylation sites is 1. The molecule has 8 nitrogen and oxygen atoms in total. The number of methoxy groups -OCH3 is 1. The lowest BCUT2D eigenvalue weighted by atomic mass is 9.85. The number of rotatable bonds is 5. The molecule has 0 atom stereocenters. The molecule has 1 aliphatic rings. The van der Waals surface area contributed by atoms with Crippen molar-refractivity contribution in [2.45, 2.75) is 58.1 Å². The number of amides is 2. The molecule has 2 aromatic rings. The Kier molecular flexibility index (Phi) is 7.09. The van der Waals surface area contributed by atoms with Crippen LogP contribution in [0.25, 0.3) is 11.3 Å². The van der Waals surface area contributed by atoms with E-state index in [0.29, 0.717) is 30.1 Å². The Bertz CT molecular complexity index is 918. The van der Waals surface area contributed by atoms with E-state index in [9.17, 15) is 9.59 Å². The van der Waals surface area contributed by atoms with Crippen LogP contribution in [0.5, 0.6) is 5.75 Å². The van der Waals surface area contributed by atoms with E-state index in [1.807, 2.05) is 45.0 Å². The van der Waals surface area contributed by atoms with E-state index in [-0.39, 0.29) is 17.9 Å². The van der Waals surface area contributed by atoms with Gasteiger partial charge in [-0.25, -0.2) is 14.8 Å². The zero-order valence-electron chi connectivity index (χ0n) is 18.5. The molecule has 31 heavy (non-hydrogen) atoms. The average Bonchev–Trinajstić information content (AvgIpc) is 2.73. The van der Waals surface area contributed by atoms with Crippen LogP contribution >= 0.6 is 0 Å². The Morgan fingerprint density at radius 3 is 2.45 bits per heavy atom. The fraction of sp³-hybridized carbons (Fsp3) is 0.478. The summed E-state index contributed by atoms with van der Waals surface area (Å²) in [6.07, 6.45) is 3.86. The third-order valence-electron chi connectivity index (χ3n) is 5.12. The molecule has 0 saturated heterocycles. The van der Waals surface area contributed by atoms with Crippen molar-refractivity contribution in [3.05, 3.63) is 36.7 Å². The Labute approximate surface area is 182 Å². The zero-order valence-corrected chi connectivity index (χ0v) is 18.5. The van der Waals surface area contributed by atoms with Gasteiger partial charge in [0, 0.05) is 23.6 Å². The minimum Gasteiger partial charge on any atom is -0.496 e. The second-order valence-electron chi connectivity index (χ2n) is 8.67. The topological polar surface area (TPSA) is 102 Å². The first kappa shape index (κ1) is 22.5. The number of carbonyl (C=O) groups excluding carboxylic acids is 2. The number of anilines is 1. The van der Waals surface area contributed by atoms with E-state index >= 15 is 0 Å². The minimum absolute atomic E-state index is 0.0232. The number of hydrogen-bond acceptors (Lipinski definition) is 6. The summed E-state index contributed by atoms with van der Waals surface area (Å²) in [5, 5.41) is 5.80. The van der Waals surface area contributed by atoms with Crippen LogP contribution in [0.3, 0.4) is 0 Å². The van der Waals surface area contributed by atoms with Gasteiger partial charge < -0.3 is 20.1 Å². The van der Waals surface area contributed by atoms with Gasteiger partial charge in [0.15, 0.2) is 0 Å². The maximum Gasteiger partial charge on any atom is 0.407 e. The maximum atomic E-state index is 12.7. The van der Waals surface area contributed by atoms with Gasteiger partial charge in [0.25, 0.3) is 0 Å². The minimum atomic E-state index is -0.526. The van der Waals surface area contributed by atoms with Crippen molar-refractivity contribution in [1.29, 1.82) is 0 Å². The lowest BCUT2D eigenvalue weighted by Gasteiger charge is -2.29. The highest BCUT2D eigenvalue weighted by Crippen LogP contribution is 2.29. The quantitative estimate of drug-likeness (QED) is 0.744. The molecule has 0 bridgehead atoms. The lowest BCUT2D eigenvalue weighted by Crippen LogP contribution is -2.42. The normalized spacial score (nSPS) is 18.7. The lowest BCUT2D eigenvalue weighted by molar-refractivity contribution is -0.120. The van der Waals surface area contributed by atoms with Gasteiger partial charge in [-0.05, 0) is 58.6 Å². The molecule has 166 valence electrons. The summed E-state index contributed by atoms with van der Waals surface area (Å²) >= 11 is 0. The van der Waals surface area contributed by atoms with E-state index < -0.39 is 11.7 Å². The predicted octanol–water partition coefficient (Wildman–Crippen LogP) is 4.17. The summed E-state index contributed by atoms with van der Waals surface area (Å²) in [7, 11) is 1.61. The molecule has 1 aromatic carbocycles. The van der Waals surface area contributed by atoms with E-state index in [2.05, 4.69) is 20.6 Å². The first-order valence-corrected chi connectivity index (χ1v) is 10.5. The molecule has 0 radical (unpaired) electrons. The van der Waals surface area contributed by atoms with Crippen LogP contribution in [-0.4, -0.2) is 40.7 Å². The molecular formula is C23H30N4O4. The van der Waals surface area contributed by atoms with Crippen LogP contribution in [0.2, 0.25) is 0 Å². The van der Waals surface area contributed by atoms with Crippen molar-refractivity contribution in [2.24, 2.45) is 5.92 Å². The molecule has 3 rings (SSSR count). The fourth-order valence-corrected chi connectivity index (χ4v) is 3.63. The van der Waals surface area contributed by atoms with Gasteiger partial charge in [-0.15, -0.1) is 0 Å². The van der Waals surface area contributed by atoms with E-state index in [0.717, 1.165) is 18.4 Å². The molecule has 1 fully saturated rings. The highest BCUT2D eigenvalue weighted by Gasteiger charge is 2.28. The molecule has 1 aromatic heterocycles. The third kappa shape index (κ3) is 6.41. The van der Waals surface area contributed by atoms with Crippen LogP contribution in [0.1, 0.15) is 46.5 Å². The van der Waals surface area contributed by atoms with Crippen LogP contribution in [0.4, 0.5) is 10.6 Å². The zero-order chi connectivity index (χ0) is 22.4. The number of nitrogens with one attached hydrogen (secondary N) is 2. The summed E-state index contributed by atoms with van der Waals surface area (Å²) in [6, 6.07) is 9.33. The van der Waals surface area contributed by atoms with Gasteiger partial charge >= 0.3 is 6.09 Å². The molecule has 0 unspecified atom stereocenters. The number of carbonyl (C=O) groups is 2. The van der Waals surface area contributed by atoms with Gasteiger partial charge in [-0.2, -0.15) is 0 Å². The van der Waals surface area contributed by atoms with Crippen molar-refractivity contribution in [3.63, 3.8) is 0 Å². The summed E-state index contributed by atoms with van der Waals surface area (Å²) in [4.78, 5) is 33.2. The Morgan fingerprint density at radius 2 is 1.77 bits per heavy atom. The van der Waals surface area contributed by atoms with Crippen LogP contribution in [-0.2, 0) is 9.53 Å². The van der Waals surface area contributed by atoms with Gasteiger partial charge in [0.1, 0.15) is 23.5 Å². The average molecular weight is 427 g/mol. The van der Waals surface area contributed by atoms with Crippen molar-refractivity contribution < 1.29 is 19.1 Å². The van der Waals surface area contributed by atoms with Crippen molar-refractivity contribution in [1.82, 2.24) is 15.3 Å². The highest BCUT2D eigenvalue weighted by molar-refractivity contribution is 5.92. The number of hydrogen-bond donors (Lipinski definition) is 2. The van der Waals surface area contributed by atoms with Gasteiger partial charge in [-0.1, -0.05) is 12.1 Å². The first-order valence-electron chi connectivity index (χ1n) is 10.5. The molecule has 2 amide bonds. The van der Waals surface area contributed by atoms with Gasteiger partial charge in [0.05, 0.1) is 12.8 Å². The van der Waals surface area contributed by atoms with Crippen molar-refractivity contribution in [3.8, 4) is 17.0 Å². The first-order chi connectivity index (χ1) is 14.7. The number of benzene rings is 1. The van der Waals surface area contributed by atoms with Crippen LogP contribution < -0.4 is 15.4 Å². The fourth-order valence-electron chi connectivity index (χ4n) is 3.63. The summed E-state index contributed by atoms with van der Waals surface area (Å²) < 4.78 is 10.7. The molecular weight excluding hydrogens is 396 g/mol. The smallest absolute Gasteiger partial charge is 0.407 e. The van der Waals surface area contributed by atoms with Crippen molar-refractivity contribution in [2.75, 3.05) is 12.4 Å². The predicted molar refractivity (Wildman–Crippen MR) is 118 cm³/mol. The number of aromatic nitrogens is 2. The summed E-state index contributed by atoms with van der Waals surface area (Å²) in [5.74, 6) is 0.964. The Hall–Kier alpha value is -3.16. The van der Waals surface area contributed by atoms with Crippen molar-refractivity contribution >= 4 is 17.8 Å². The summed E-state index contributed by atoms with van der Waals surface area (Å²) in [5.41, 5.74) is 0.978. The molecule has 0 spiro atoms. The standard InChI is InChI=1S/C23H30N4O4/c1-23(2,3)31-22(29)26-16-11-9-15(10-12-16)21(28)27-20-13-18(24-14-25-20)17-7-5-6-8-19(17)30-4/h5-8,13-16H,9-12H2,1-4H3,(H,26,29)(H,24,25,27,28). The highest BCUT2D eigenvalue weighted by atomic mass is 16.6. The molecule has 2 N–H and O–H groups in total. The molecule has 8 heteroatoms. The number of alkyl carbamates (subject to hydrolysis) is 1. The number of ether oxygens (including phenoxy) is 2. The molecule has 1 aliphatic carbocycles. The van der Waals surface area contributed by atoms with Gasteiger partial charge in [0.2, 0.25) is 5.91 Å². The third-order valence-corrected chi connectivity index (χ3v) is 5.12. The summed E-state index contributed by atoms with van der Waals surface area (Å²) in [6.45, 7) is 5.50. The molecule has 1 saturated carbocycles. The largest absolute Gasteiger partial charge is 0.496 e. The second kappa shape index (κ2) is 9.76.